The van der Waals surface area contributed by atoms with Crippen LogP contribution in [0.1, 0.15) is 33.6 Å². The van der Waals surface area contributed by atoms with Gasteiger partial charge in [0.05, 0.1) is 0 Å². The van der Waals surface area contributed by atoms with Crippen molar-refractivity contribution in [3.05, 3.63) is 53.6 Å². The van der Waals surface area contributed by atoms with Gasteiger partial charge in [0.2, 0.25) is 0 Å². The van der Waals surface area contributed by atoms with Gasteiger partial charge < -0.3 is 4.74 Å². The third-order valence-corrected chi connectivity index (χ3v) is 2.52. The molecule has 17 heavy (non-hydrogen) atoms. The molecular formula is C16H22O. The smallest absolute Gasteiger partial charge is 0.119 e. The highest BCUT2D eigenvalue weighted by Gasteiger charge is 1.91. The highest BCUT2D eigenvalue weighted by molar-refractivity contribution is 5.21. The maximum Gasteiger partial charge on any atom is 0.119 e. The predicted molar refractivity (Wildman–Crippen MR) is 74.4 cm³/mol. The molecule has 0 unspecified atom stereocenters. The van der Waals surface area contributed by atoms with Gasteiger partial charge >= 0.3 is 0 Å². The minimum Gasteiger partial charge on any atom is -0.490 e. The Balaban J connectivity index is 2.26. The first-order valence-electron chi connectivity index (χ1n) is 6.15. The zero-order valence-electron chi connectivity index (χ0n) is 11.1. The summed E-state index contributed by atoms with van der Waals surface area (Å²) in [4.78, 5) is 0. The first kappa shape index (κ1) is 13.6. The molecule has 0 N–H and O–H groups in total. The zero-order valence-corrected chi connectivity index (χ0v) is 11.1. The van der Waals surface area contributed by atoms with Crippen molar-refractivity contribution < 1.29 is 4.74 Å². The Morgan fingerprint density at radius 3 is 2.41 bits per heavy atom. The highest BCUT2D eigenvalue weighted by Crippen LogP contribution is 2.10. The van der Waals surface area contributed by atoms with Crippen LogP contribution in [-0.2, 0) is 0 Å². The Labute approximate surface area is 105 Å². The lowest BCUT2D eigenvalue weighted by Gasteiger charge is -2.03. The molecule has 1 aromatic carbocycles. The fourth-order valence-corrected chi connectivity index (χ4v) is 1.49. The van der Waals surface area contributed by atoms with Crippen LogP contribution in [0.4, 0.5) is 0 Å². The van der Waals surface area contributed by atoms with E-state index in [9.17, 15) is 0 Å². The summed E-state index contributed by atoms with van der Waals surface area (Å²) in [6, 6.07) is 9.92. The summed E-state index contributed by atoms with van der Waals surface area (Å²) >= 11 is 0. The number of allylic oxidation sites excluding steroid dienone is 3. The van der Waals surface area contributed by atoms with Crippen LogP contribution < -0.4 is 4.74 Å². The van der Waals surface area contributed by atoms with E-state index in [1.807, 2.05) is 30.3 Å². The van der Waals surface area contributed by atoms with E-state index in [-0.39, 0.29) is 0 Å². The van der Waals surface area contributed by atoms with Gasteiger partial charge in [0, 0.05) is 0 Å². The largest absolute Gasteiger partial charge is 0.490 e. The topological polar surface area (TPSA) is 9.23 Å². The van der Waals surface area contributed by atoms with Gasteiger partial charge in [0.25, 0.3) is 0 Å². The quantitative estimate of drug-likeness (QED) is 0.640. The van der Waals surface area contributed by atoms with Crippen molar-refractivity contribution >= 4 is 0 Å². The van der Waals surface area contributed by atoms with Crippen LogP contribution in [0.2, 0.25) is 0 Å². The maximum atomic E-state index is 5.61. The molecule has 0 aliphatic rings. The number of benzene rings is 1. The van der Waals surface area contributed by atoms with E-state index < -0.39 is 0 Å². The summed E-state index contributed by atoms with van der Waals surface area (Å²) in [7, 11) is 0. The van der Waals surface area contributed by atoms with Crippen LogP contribution in [0, 0.1) is 0 Å². The van der Waals surface area contributed by atoms with Gasteiger partial charge in [-0.2, -0.15) is 0 Å². The molecule has 1 heteroatoms. The van der Waals surface area contributed by atoms with Crippen molar-refractivity contribution in [2.75, 3.05) is 6.61 Å². The van der Waals surface area contributed by atoms with Gasteiger partial charge in [-0.15, -0.1) is 0 Å². The van der Waals surface area contributed by atoms with Gasteiger partial charge in [-0.25, -0.2) is 0 Å². The van der Waals surface area contributed by atoms with Crippen LogP contribution in [0.3, 0.4) is 0 Å². The molecule has 0 heterocycles. The number of hydrogen-bond donors (Lipinski definition) is 0. The molecule has 0 saturated carbocycles. The Morgan fingerprint density at radius 1 is 1.06 bits per heavy atom. The first-order valence-corrected chi connectivity index (χ1v) is 6.15. The molecule has 1 aromatic rings. The van der Waals surface area contributed by atoms with Gasteiger partial charge in [0.1, 0.15) is 12.4 Å². The van der Waals surface area contributed by atoms with Crippen molar-refractivity contribution in [2.24, 2.45) is 0 Å². The summed E-state index contributed by atoms with van der Waals surface area (Å²) in [6.45, 7) is 7.09. The summed E-state index contributed by atoms with van der Waals surface area (Å²) in [5, 5.41) is 0. The third-order valence-electron chi connectivity index (χ3n) is 2.52. The second-order valence-electron chi connectivity index (χ2n) is 4.49. The van der Waals surface area contributed by atoms with E-state index in [0.29, 0.717) is 6.61 Å². The number of ether oxygens (including phenoxy) is 1. The van der Waals surface area contributed by atoms with Crippen LogP contribution >= 0.6 is 0 Å². The molecule has 0 radical (unpaired) electrons. The van der Waals surface area contributed by atoms with Gasteiger partial charge in [-0.1, -0.05) is 35.4 Å². The lowest BCUT2D eigenvalue weighted by Crippen LogP contribution is -1.94. The lowest BCUT2D eigenvalue weighted by atomic mass is 10.1. The Morgan fingerprint density at radius 2 is 1.76 bits per heavy atom. The van der Waals surface area contributed by atoms with E-state index >= 15 is 0 Å². The fourth-order valence-electron chi connectivity index (χ4n) is 1.49. The SMILES string of the molecule is CC(C)=CCC/C(C)=C\COc1ccccc1. The molecule has 0 aliphatic heterocycles. The Kier molecular flexibility index (Phi) is 6.16. The second-order valence-corrected chi connectivity index (χ2v) is 4.49. The van der Waals surface area contributed by atoms with Gasteiger partial charge in [-0.3, -0.25) is 0 Å². The number of hydrogen-bond acceptors (Lipinski definition) is 1. The molecule has 0 spiro atoms. The molecule has 0 aromatic heterocycles. The molecule has 1 nitrogen and oxygen atoms in total. The van der Waals surface area contributed by atoms with Crippen molar-refractivity contribution in [3.8, 4) is 5.75 Å². The molecular weight excluding hydrogens is 208 g/mol. The van der Waals surface area contributed by atoms with Gasteiger partial charge in [0.15, 0.2) is 0 Å². The van der Waals surface area contributed by atoms with E-state index in [0.717, 1.165) is 18.6 Å². The normalized spacial score (nSPS) is 11.1. The third kappa shape index (κ3) is 6.62. The maximum absolute atomic E-state index is 5.61. The van der Waals surface area contributed by atoms with Crippen molar-refractivity contribution in [2.45, 2.75) is 33.6 Å². The monoisotopic (exact) mass is 230 g/mol. The molecule has 0 fully saturated rings. The minimum atomic E-state index is 0.657. The van der Waals surface area contributed by atoms with Crippen LogP contribution in [-0.4, -0.2) is 6.61 Å². The van der Waals surface area contributed by atoms with Crippen LogP contribution in [0.5, 0.6) is 5.75 Å². The number of para-hydroxylation sites is 1. The zero-order chi connectivity index (χ0) is 12.5. The lowest BCUT2D eigenvalue weighted by molar-refractivity contribution is 0.361. The van der Waals surface area contributed by atoms with E-state index in [1.54, 1.807) is 0 Å². The molecule has 0 aliphatic carbocycles. The molecule has 1 rings (SSSR count). The number of rotatable bonds is 6. The fraction of sp³-hybridized carbons (Fsp3) is 0.375. The average Bonchev–Trinajstić information content (AvgIpc) is 2.30. The molecule has 0 bridgehead atoms. The van der Waals surface area contributed by atoms with E-state index in [4.69, 9.17) is 4.74 Å². The van der Waals surface area contributed by atoms with Gasteiger partial charge in [-0.05, 0) is 51.8 Å². The second kappa shape index (κ2) is 7.72. The summed E-state index contributed by atoms with van der Waals surface area (Å²) in [5.41, 5.74) is 2.77. The van der Waals surface area contributed by atoms with Crippen molar-refractivity contribution in [1.82, 2.24) is 0 Å². The minimum absolute atomic E-state index is 0.657. The average molecular weight is 230 g/mol. The summed E-state index contributed by atoms with van der Waals surface area (Å²) < 4.78 is 5.61. The van der Waals surface area contributed by atoms with Crippen LogP contribution in [0.25, 0.3) is 0 Å². The molecule has 0 saturated heterocycles. The van der Waals surface area contributed by atoms with Crippen molar-refractivity contribution in [1.29, 1.82) is 0 Å². The molecule has 92 valence electrons. The van der Waals surface area contributed by atoms with Crippen molar-refractivity contribution in [3.63, 3.8) is 0 Å². The summed E-state index contributed by atoms with van der Waals surface area (Å²) in [5.74, 6) is 0.931. The van der Waals surface area contributed by atoms with E-state index in [2.05, 4.69) is 32.9 Å². The Bertz CT molecular complexity index is 370. The predicted octanol–water partition coefficient (Wildman–Crippen LogP) is 4.76. The highest BCUT2D eigenvalue weighted by atomic mass is 16.5. The molecule has 0 amide bonds. The standard InChI is InChI=1S/C16H22O/c1-14(2)8-7-9-15(3)12-13-17-16-10-5-4-6-11-16/h4-6,8,10-12H,7,9,13H2,1-3H3/b15-12-. The first-order chi connectivity index (χ1) is 8.18. The summed E-state index contributed by atoms with van der Waals surface area (Å²) in [6.07, 6.45) is 6.67. The van der Waals surface area contributed by atoms with E-state index in [1.165, 1.54) is 11.1 Å². The van der Waals surface area contributed by atoms with Crippen LogP contribution in [0.15, 0.2) is 53.6 Å². The molecule has 0 atom stereocenters. The Hall–Kier alpha value is -1.50.